The molecule has 0 amide bonds. The Morgan fingerprint density at radius 3 is 2.60 bits per heavy atom. The van der Waals surface area contributed by atoms with Crippen LogP contribution in [0, 0.1) is 5.92 Å². The van der Waals surface area contributed by atoms with Gasteiger partial charge in [0.15, 0.2) is 11.5 Å². The molecule has 2 rings (SSSR count). The smallest absolute Gasteiger partial charge is 0.345 e. The number of aliphatic carboxylic acids is 1. The lowest BCUT2D eigenvalue weighted by molar-refractivity contribution is -0.147. The summed E-state index contributed by atoms with van der Waals surface area (Å²) >= 11 is 0. The molecule has 6 heteroatoms. The van der Waals surface area contributed by atoms with Gasteiger partial charge in [-0.1, -0.05) is 13.0 Å². The molecular formula is C19H24O6. The number of hydrogen-bond acceptors (Lipinski definition) is 5. The molecule has 1 N–H and O–H groups in total. The molecule has 1 unspecified atom stereocenters. The number of methoxy groups -OCH3 is 1. The zero-order valence-electron chi connectivity index (χ0n) is 14.8. The quantitative estimate of drug-likeness (QED) is 0.319. The highest BCUT2D eigenvalue weighted by Gasteiger charge is 2.23. The van der Waals surface area contributed by atoms with Crippen LogP contribution in [0.5, 0.6) is 11.5 Å². The summed E-state index contributed by atoms with van der Waals surface area (Å²) in [5.74, 6) is -0.508. The minimum absolute atomic E-state index is 0.344. The third-order valence-corrected chi connectivity index (χ3v) is 4.00. The van der Waals surface area contributed by atoms with Crippen LogP contribution in [-0.2, 0) is 14.3 Å². The van der Waals surface area contributed by atoms with Gasteiger partial charge in [-0.05, 0) is 55.9 Å². The van der Waals surface area contributed by atoms with Crippen LogP contribution in [0.25, 0.3) is 6.08 Å². The highest BCUT2D eigenvalue weighted by molar-refractivity contribution is 6.17. The van der Waals surface area contributed by atoms with Gasteiger partial charge in [-0.2, -0.15) is 0 Å². The number of rotatable bonds is 9. The van der Waals surface area contributed by atoms with E-state index in [1.165, 1.54) is 6.08 Å². The van der Waals surface area contributed by atoms with Gasteiger partial charge in [-0.15, -0.1) is 0 Å². The van der Waals surface area contributed by atoms with Crippen LogP contribution in [0.3, 0.4) is 0 Å². The molecular weight excluding hydrogens is 324 g/mol. The maximum absolute atomic E-state index is 12.1. The zero-order valence-corrected chi connectivity index (χ0v) is 14.8. The third-order valence-electron chi connectivity index (χ3n) is 4.00. The van der Waals surface area contributed by atoms with Crippen LogP contribution in [-0.4, -0.2) is 36.9 Å². The summed E-state index contributed by atoms with van der Waals surface area (Å²) in [4.78, 5) is 23.5. The summed E-state index contributed by atoms with van der Waals surface area (Å²) in [6.07, 6.45) is 3.87. The first-order valence-corrected chi connectivity index (χ1v) is 8.41. The molecule has 0 aromatic heterocycles. The minimum Gasteiger partial charge on any atom is -0.493 e. The van der Waals surface area contributed by atoms with E-state index in [9.17, 15) is 14.7 Å². The topological polar surface area (TPSA) is 82.1 Å². The Morgan fingerprint density at radius 2 is 2.04 bits per heavy atom. The van der Waals surface area contributed by atoms with Crippen molar-refractivity contribution in [2.24, 2.45) is 5.92 Å². The van der Waals surface area contributed by atoms with Crippen LogP contribution in [0.2, 0.25) is 0 Å². The molecule has 1 saturated carbocycles. The molecule has 0 radical (unpaired) electrons. The summed E-state index contributed by atoms with van der Waals surface area (Å²) < 4.78 is 16.1. The van der Waals surface area contributed by atoms with Crippen molar-refractivity contribution in [3.63, 3.8) is 0 Å². The van der Waals surface area contributed by atoms with Crippen LogP contribution in [0.1, 0.15) is 38.7 Å². The van der Waals surface area contributed by atoms with Gasteiger partial charge in [0.1, 0.15) is 5.57 Å². The van der Waals surface area contributed by atoms with Crippen LogP contribution < -0.4 is 9.47 Å². The van der Waals surface area contributed by atoms with E-state index in [1.807, 2.05) is 6.92 Å². The predicted molar refractivity (Wildman–Crippen MR) is 92.7 cm³/mol. The van der Waals surface area contributed by atoms with Gasteiger partial charge < -0.3 is 19.3 Å². The molecule has 0 spiro atoms. The Bertz CT molecular complexity index is 660. The Morgan fingerprint density at radius 1 is 1.32 bits per heavy atom. The summed E-state index contributed by atoms with van der Waals surface area (Å²) in [5.41, 5.74) is 0.115. The molecule has 6 nitrogen and oxygen atoms in total. The molecule has 1 aromatic carbocycles. The minimum atomic E-state index is -1.33. The van der Waals surface area contributed by atoms with Gasteiger partial charge in [0.2, 0.25) is 0 Å². The van der Waals surface area contributed by atoms with E-state index >= 15 is 0 Å². The predicted octanol–water partition coefficient (Wildman–Crippen LogP) is 3.29. The lowest BCUT2D eigenvalue weighted by Crippen LogP contribution is -2.20. The Labute approximate surface area is 147 Å². The van der Waals surface area contributed by atoms with Crippen LogP contribution >= 0.6 is 0 Å². The first-order chi connectivity index (χ1) is 11.9. The first kappa shape index (κ1) is 18.8. The number of carbonyl (C=O) groups excluding carboxylic acids is 1. The van der Waals surface area contributed by atoms with Gasteiger partial charge in [0, 0.05) is 0 Å². The summed E-state index contributed by atoms with van der Waals surface area (Å²) in [6.45, 7) is 4.18. The SMILES string of the molecule is CCC(C)OC(=O)C(=Cc1ccc(OC)c(OCC2CC2)c1)C(=O)O. The second-order valence-electron chi connectivity index (χ2n) is 6.15. The summed E-state index contributed by atoms with van der Waals surface area (Å²) in [7, 11) is 1.54. The Kier molecular flexibility index (Phi) is 6.44. The molecule has 1 fully saturated rings. The number of hydrogen-bond donors (Lipinski definition) is 1. The second-order valence-corrected chi connectivity index (χ2v) is 6.15. The standard InChI is InChI=1S/C19H24O6/c1-4-12(2)25-19(22)15(18(20)21)9-14-7-8-16(23-3)17(10-14)24-11-13-5-6-13/h7-10,12-13H,4-6,11H2,1-3H3,(H,20,21). The molecule has 0 aliphatic heterocycles. The van der Waals surface area contributed by atoms with Crippen molar-refractivity contribution in [1.82, 2.24) is 0 Å². The Balaban J connectivity index is 2.23. The molecule has 0 heterocycles. The highest BCUT2D eigenvalue weighted by atomic mass is 16.5. The molecule has 0 bridgehead atoms. The van der Waals surface area contributed by atoms with E-state index < -0.39 is 17.5 Å². The number of esters is 1. The first-order valence-electron chi connectivity index (χ1n) is 8.41. The van der Waals surface area contributed by atoms with Crippen LogP contribution in [0.4, 0.5) is 0 Å². The van der Waals surface area contributed by atoms with Gasteiger partial charge in [0.25, 0.3) is 0 Å². The van der Waals surface area contributed by atoms with Gasteiger partial charge in [-0.25, -0.2) is 9.59 Å². The maximum atomic E-state index is 12.1. The van der Waals surface area contributed by atoms with Crippen molar-refractivity contribution in [1.29, 1.82) is 0 Å². The highest BCUT2D eigenvalue weighted by Crippen LogP contribution is 2.33. The maximum Gasteiger partial charge on any atom is 0.345 e. The molecule has 1 aliphatic carbocycles. The van der Waals surface area contributed by atoms with E-state index in [0.29, 0.717) is 36.0 Å². The van der Waals surface area contributed by atoms with Crippen molar-refractivity contribution in [2.45, 2.75) is 39.2 Å². The average Bonchev–Trinajstić information content (AvgIpc) is 3.41. The normalized spacial score (nSPS) is 15.4. The zero-order chi connectivity index (χ0) is 18.4. The molecule has 0 saturated heterocycles. The lowest BCUT2D eigenvalue weighted by Gasteiger charge is -2.12. The number of ether oxygens (including phenoxy) is 3. The molecule has 1 aliphatic rings. The molecule has 1 aromatic rings. The fraction of sp³-hybridized carbons (Fsp3) is 0.474. The number of carboxylic acid groups (broad SMARTS) is 1. The van der Waals surface area contributed by atoms with Gasteiger partial charge in [0.05, 0.1) is 19.8 Å². The monoisotopic (exact) mass is 348 g/mol. The van der Waals surface area contributed by atoms with E-state index in [4.69, 9.17) is 14.2 Å². The van der Waals surface area contributed by atoms with Gasteiger partial charge in [-0.3, -0.25) is 0 Å². The third kappa shape index (κ3) is 5.52. The second kappa shape index (κ2) is 8.55. The molecule has 25 heavy (non-hydrogen) atoms. The van der Waals surface area contributed by atoms with E-state index in [0.717, 1.165) is 12.8 Å². The lowest BCUT2D eigenvalue weighted by atomic mass is 10.1. The largest absolute Gasteiger partial charge is 0.493 e. The van der Waals surface area contributed by atoms with Crippen molar-refractivity contribution in [3.8, 4) is 11.5 Å². The number of carbonyl (C=O) groups is 2. The summed E-state index contributed by atoms with van der Waals surface area (Å²) in [6, 6.07) is 5.02. The van der Waals surface area contributed by atoms with Crippen LogP contribution in [0.15, 0.2) is 23.8 Å². The Hall–Kier alpha value is -2.50. The number of carboxylic acids is 1. The average molecular weight is 348 g/mol. The van der Waals surface area contributed by atoms with Crippen molar-refractivity contribution >= 4 is 18.0 Å². The van der Waals surface area contributed by atoms with E-state index in [2.05, 4.69) is 0 Å². The van der Waals surface area contributed by atoms with Crippen molar-refractivity contribution < 1.29 is 28.9 Å². The fourth-order valence-electron chi connectivity index (χ4n) is 2.09. The summed E-state index contributed by atoms with van der Waals surface area (Å²) in [5, 5.41) is 9.32. The van der Waals surface area contributed by atoms with Crippen molar-refractivity contribution in [2.75, 3.05) is 13.7 Å². The molecule has 136 valence electrons. The van der Waals surface area contributed by atoms with Crippen molar-refractivity contribution in [3.05, 3.63) is 29.3 Å². The fourth-order valence-corrected chi connectivity index (χ4v) is 2.09. The van der Waals surface area contributed by atoms with E-state index in [1.54, 1.807) is 32.2 Å². The van der Waals surface area contributed by atoms with Gasteiger partial charge >= 0.3 is 11.9 Å². The van der Waals surface area contributed by atoms with E-state index in [-0.39, 0.29) is 6.10 Å². The number of benzene rings is 1. The molecule has 1 atom stereocenters.